The molecule has 8 heteroatoms. The van der Waals surface area contributed by atoms with Crippen LogP contribution in [0.3, 0.4) is 0 Å². The molecule has 1 amide bonds. The van der Waals surface area contributed by atoms with Gasteiger partial charge in [-0.2, -0.15) is 0 Å². The van der Waals surface area contributed by atoms with Crippen molar-refractivity contribution in [2.45, 2.75) is 26.3 Å². The lowest BCUT2D eigenvalue weighted by Gasteiger charge is -2.29. The molecule has 3 heterocycles. The molecule has 1 saturated heterocycles. The topological polar surface area (TPSA) is 81.5 Å². The van der Waals surface area contributed by atoms with Crippen LogP contribution < -0.4 is 14.9 Å². The zero-order chi connectivity index (χ0) is 25.1. The fourth-order valence-corrected chi connectivity index (χ4v) is 5.06. The Balaban J connectivity index is 1.54. The van der Waals surface area contributed by atoms with Crippen molar-refractivity contribution < 1.29 is 23.4 Å². The van der Waals surface area contributed by atoms with E-state index < -0.39 is 6.04 Å². The fourth-order valence-electron chi connectivity index (χ4n) is 5.06. The van der Waals surface area contributed by atoms with Crippen LogP contribution in [-0.4, -0.2) is 68.3 Å². The second-order valence-corrected chi connectivity index (χ2v) is 8.98. The first-order valence-corrected chi connectivity index (χ1v) is 12.7. The maximum Gasteiger partial charge on any atom is 0.290 e. The van der Waals surface area contributed by atoms with Gasteiger partial charge in [0.15, 0.2) is 5.43 Å². The number of morpholine rings is 1. The average molecular weight is 493 g/mol. The molecule has 2 aromatic carbocycles. The molecule has 0 saturated carbocycles. The summed E-state index contributed by atoms with van der Waals surface area (Å²) < 4.78 is 22.8. The molecule has 5 rings (SSSR count). The second-order valence-electron chi connectivity index (χ2n) is 8.98. The van der Waals surface area contributed by atoms with E-state index in [4.69, 9.17) is 18.6 Å². The zero-order valence-corrected chi connectivity index (χ0v) is 20.8. The molecule has 8 nitrogen and oxygen atoms in total. The summed E-state index contributed by atoms with van der Waals surface area (Å²) in [6.45, 7) is 9.45. The molecule has 1 unspecified atom stereocenters. The van der Waals surface area contributed by atoms with Crippen molar-refractivity contribution in [2.75, 3.05) is 52.6 Å². The van der Waals surface area contributed by atoms with Crippen molar-refractivity contribution in [3.63, 3.8) is 0 Å². The summed E-state index contributed by atoms with van der Waals surface area (Å²) in [6.07, 6.45) is 0.781. The van der Waals surface area contributed by atoms with Crippen molar-refractivity contribution in [2.24, 2.45) is 0 Å². The Labute approximate surface area is 210 Å². The highest BCUT2D eigenvalue weighted by molar-refractivity contribution is 5.99. The molecule has 1 fully saturated rings. The Morgan fingerprint density at radius 2 is 1.69 bits per heavy atom. The van der Waals surface area contributed by atoms with Crippen LogP contribution in [-0.2, 0) is 4.74 Å². The van der Waals surface area contributed by atoms with Gasteiger partial charge in [-0.3, -0.25) is 14.5 Å². The maximum atomic E-state index is 13.8. The maximum absolute atomic E-state index is 13.8. The third kappa shape index (κ3) is 4.70. The van der Waals surface area contributed by atoms with Crippen molar-refractivity contribution in [1.82, 2.24) is 9.80 Å². The van der Waals surface area contributed by atoms with E-state index in [0.717, 1.165) is 44.8 Å². The van der Waals surface area contributed by atoms with Crippen molar-refractivity contribution in [3.8, 4) is 11.5 Å². The molecule has 3 aromatic rings. The summed E-state index contributed by atoms with van der Waals surface area (Å²) >= 11 is 0. The quantitative estimate of drug-likeness (QED) is 0.449. The minimum atomic E-state index is -0.537. The van der Waals surface area contributed by atoms with Gasteiger partial charge in [-0.05, 0) is 50.1 Å². The van der Waals surface area contributed by atoms with E-state index in [1.165, 1.54) is 0 Å². The van der Waals surface area contributed by atoms with Crippen LogP contribution in [0.2, 0.25) is 0 Å². The van der Waals surface area contributed by atoms with E-state index in [2.05, 4.69) is 4.90 Å². The average Bonchev–Trinajstić information content (AvgIpc) is 3.17. The molecule has 1 atom stereocenters. The van der Waals surface area contributed by atoms with Crippen LogP contribution in [0.5, 0.6) is 11.5 Å². The monoisotopic (exact) mass is 492 g/mol. The lowest BCUT2D eigenvalue weighted by molar-refractivity contribution is 0.0353. The number of benzene rings is 2. The predicted molar refractivity (Wildman–Crippen MR) is 136 cm³/mol. The van der Waals surface area contributed by atoms with E-state index in [-0.39, 0.29) is 17.1 Å². The number of carbonyl (C=O) groups excluding carboxylic acids is 1. The number of fused-ring (bicyclic) bond motifs is 2. The fraction of sp³-hybridized carbons (Fsp3) is 0.429. The molecule has 0 bridgehead atoms. The molecule has 36 heavy (non-hydrogen) atoms. The summed E-state index contributed by atoms with van der Waals surface area (Å²) in [5.74, 6) is 1.15. The summed E-state index contributed by atoms with van der Waals surface area (Å²) in [4.78, 5) is 31.5. The standard InChI is InChI=1S/C28H32N2O6/c1-3-34-20-8-5-7-19(17-20)25-24-26(31)22-10-9-21(35-4-2)18-23(22)36-27(24)28(32)30(25)12-6-11-29-13-15-33-16-14-29/h5,7-10,17-18,25H,3-4,6,11-16H2,1-2H3. The molecule has 2 aliphatic rings. The van der Waals surface area contributed by atoms with E-state index in [9.17, 15) is 9.59 Å². The molecule has 0 spiro atoms. The van der Waals surface area contributed by atoms with Gasteiger partial charge in [-0.25, -0.2) is 0 Å². The van der Waals surface area contributed by atoms with Gasteiger partial charge in [-0.15, -0.1) is 0 Å². The highest BCUT2D eigenvalue weighted by Gasteiger charge is 2.42. The molecule has 1 aromatic heterocycles. The normalized spacial score (nSPS) is 18.0. The largest absolute Gasteiger partial charge is 0.494 e. The summed E-state index contributed by atoms with van der Waals surface area (Å²) in [5, 5.41) is 0.436. The van der Waals surface area contributed by atoms with Gasteiger partial charge >= 0.3 is 0 Å². The van der Waals surface area contributed by atoms with Gasteiger partial charge < -0.3 is 23.5 Å². The zero-order valence-electron chi connectivity index (χ0n) is 20.8. The van der Waals surface area contributed by atoms with E-state index in [0.29, 0.717) is 47.8 Å². The third-order valence-electron chi connectivity index (χ3n) is 6.71. The van der Waals surface area contributed by atoms with Gasteiger partial charge in [0, 0.05) is 32.2 Å². The Morgan fingerprint density at radius 1 is 0.944 bits per heavy atom. The molecule has 2 aliphatic heterocycles. The Bertz CT molecular complexity index is 1300. The minimum absolute atomic E-state index is 0.110. The number of rotatable bonds is 9. The lowest BCUT2D eigenvalue weighted by Crippen LogP contribution is -2.38. The number of amides is 1. The number of nitrogens with zero attached hydrogens (tertiary/aromatic N) is 2. The van der Waals surface area contributed by atoms with Crippen LogP contribution in [0.15, 0.2) is 51.7 Å². The summed E-state index contributed by atoms with van der Waals surface area (Å²) in [5.41, 5.74) is 1.38. The summed E-state index contributed by atoms with van der Waals surface area (Å²) in [6, 6.07) is 12.2. The second kappa shape index (κ2) is 10.7. The first kappa shape index (κ1) is 24.3. The summed E-state index contributed by atoms with van der Waals surface area (Å²) in [7, 11) is 0. The first-order valence-electron chi connectivity index (χ1n) is 12.7. The molecular formula is C28H32N2O6. The molecule has 190 valence electrons. The highest BCUT2D eigenvalue weighted by atomic mass is 16.5. The Morgan fingerprint density at radius 3 is 2.44 bits per heavy atom. The number of hydrogen-bond acceptors (Lipinski definition) is 7. The first-order chi connectivity index (χ1) is 17.6. The SMILES string of the molecule is CCOc1cccc(C2c3c(oc4cc(OCC)ccc4c3=O)C(=O)N2CCCN2CCOCC2)c1. The third-order valence-corrected chi connectivity index (χ3v) is 6.71. The molecule has 0 aliphatic carbocycles. The van der Waals surface area contributed by atoms with Crippen LogP contribution in [0.25, 0.3) is 11.0 Å². The highest BCUT2D eigenvalue weighted by Crippen LogP contribution is 2.39. The van der Waals surface area contributed by atoms with Gasteiger partial charge in [0.25, 0.3) is 5.91 Å². The predicted octanol–water partition coefficient (Wildman–Crippen LogP) is 3.86. The van der Waals surface area contributed by atoms with E-state index >= 15 is 0 Å². The van der Waals surface area contributed by atoms with Crippen LogP contribution in [0.1, 0.15) is 48.0 Å². The Kier molecular flexibility index (Phi) is 7.25. The van der Waals surface area contributed by atoms with Crippen molar-refractivity contribution >= 4 is 16.9 Å². The number of ether oxygens (including phenoxy) is 3. The minimum Gasteiger partial charge on any atom is -0.494 e. The van der Waals surface area contributed by atoms with Crippen LogP contribution in [0.4, 0.5) is 0 Å². The van der Waals surface area contributed by atoms with Gasteiger partial charge in [0.05, 0.1) is 43.4 Å². The van der Waals surface area contributed by atoms with Crippen molar-refractivity contribution in [1.29, 1.82) is 0 Å². The lowest BCUT2D eigenvalue weighted by atomic mass is 9.98. The van der Waals surface area contributed by atoms with E-state index in [1.54, 1.807) is 23.1 Å². The van der Waals surface area contributed by atoms with E-state index in [1.807, 2.05) is 38.1 Å². The number of carbonyl (C=O) groups is 1. The Hall–Kier alpha value is -3.36. The molecule has 0 N–H and O–H groups in total. The number of hydrogen-bond donors (Lipinski definition) is 0. The van der Waals surface area contributed by atoms with Gasteiger partial charge in [0.2, 0.25) is 5.76 Å². The van der Waals surface area contributed by atoms with Gasteiger partial charge in [0.1, 0.15) is 17.1 Å². The van der Waals surface area contributed by atoms with Crippen molar-refractivity contribution in [3.05, 3.63) is 69.6 Å². The molecular weight excluding hydrogens is 460 g/mol. The van der Waals surface area contributed by atoms with Gasteiger partial charge in [-0.1, -0.05) is 12.1 Å². The smallest absolute Gasteiger partial charge is 0.290 e. The van der Waals surface area contributed by atoms with Crippen LogP contribution in [0, 0.1) is 0 Å². The van der Waals surface area contributed by atoms with Crippen LogP contribution >= 0.6 is 0 Å². The molecule has 0 radical (unpaired) electrons.